The number of halogens is 1. The van der Waals surface area contributed by atoms with E-state index in [1.165, 1.54) is 18.2 Å². The highest BCUT2D eigenvalue weighted by molar-refractivity contribution is 5.99. The molecule has 0 spiro atoms. The Hall–Kier alpha value is -3.47. The van der Waals surface area contributed by atoms with Gasteiger partial charge in [-0.05, 0) is 30.3 Å². The van der Waals surface area contributed by atoms with E-state index < -0.39 is 24.2 Å². The van der Waals surface area contributed by atoms with Crippen molar-refractivity contribution in [3.63, 3.8) is 0 Å². The molecule has 27 heavy (non-hydrogen) atoms. The molecule has 0 N–H and O–H groups in total. The second-order valence-corrected chi connectivity index (χ2v) is 5.74. The summed E-state index contributed by atoms with van der Waals surface area (Å²) in [6.07, 6.45) is 0. The third kappa shape index (κ3) is 4.79. The summed E-state index contributed by atoms with van der Waals surface area (Å²) < 4.78 is 24.4. The smallest absolute Gasteiger partial charge is 0.338 e. The van der Waals surface area contributed by atoms with Crippen LogP contribution in [0.2, 0.25) is 0 Å². The van der Waals surface area contributed by atoms with Crippen LogP contribution in [0.25, 0.3) is 0 Å². The number of ether oxygens (including phenoxy) is 2. The minimum atomic E-state index is -0.660. The van der Waals surface area contributed by atoms with Crippen molar-refractivity contribution in [3.8, 4) is 5.75 Å². The number of esters is 1. The van der Waals surface area contributed by atoms with Crippen LogP contribution in [0.3, 0.4) is 0 Å². The normalized spacial score (nSPS) is 10.3. The van der Waals surface area contributed by atoms with E-state index in [2.05, 4.69) is 0 Å². The standard InChI is InChI=1S/C22H17FO4/c23-20-13-7-6-12-19(20)21(24)15-27-22(25)18-11-5-4-8-16(18)14-26-17-9-2-1-3-10-17/h1-13H,14-15H2. The molecule has 0 aliphatic heterocycles. The molecule has 3 rings (SSSR count). The average molecular weight is 364 g/mol. The monoisotopic (exact) mass is 364 g/mol. The summed E-state index contributed by atoms with van der Waals surface area (Å²) >= 11 is 0. The van der Waals surface area contributed by atoms with Crippen LogP contribution >= 0.6 is 0 Å². The molecule has 0 amide bonds. The number of Topliss-reactive ketones (excluding diaryl/α,β-unsaturated/α-hetero) is 1. The highest BCUT2D eigenvalue weighted by Crippen LogP contribution is 2.16. The van der Waals surface area contributed by atoms with Crippen molar-refractivity contribution in [1.82, 2.24) is 0 Å². The third-order valence-electron chi connectivity index (χ3n) is 3.88. The van der Waals surface area contributed by atoms with Crippen LogP contribution in [0, 0.1) is 5.82 Å². The molecule has 0 unspecified atom stereocenters. The number of rotatable bonds is 7. The van der Waals surface area contributed by atoms with E-state index in [1.54, 1.807) is 30.3 Å². The Bertz CT molecular complexity index is 938. The summed E-state index contributed by atoms with van der Waals surface area (Å²) in [5.74, 6) is -1.22. The van der Waals surface area contributed by atoms with Gasteiger partial charge >= 0.3 is 5.97 Å². The van der Waals surface area contributed by atoms with Crippen molar-refractivity contribution >= 4 is 11.8 Å². The van der Waals surface area contributed by atoms with Crippen molar-refractivity contribution in [2.75, 3.05) is 6.61 Å². The second kappa shape index (κ2) is 8.76. The van der Waals surface area contributed by atoms with Gasteiger partial charge in [-0.3, -0.25) is 4.79 Å². The van der Waals surface area contributed by atoms with Gasteiger partial charge in [-0.2, -0.15) is 0 Å². The zero-order valence-electron chi connectivity index (χ0n) is 14.4. The van der Waals surface area contributed by atoms with E-state index in [4.69, 9.17) is 9.47 Å². The molecule has 3 aromatic carbocycles. The molecule has 3 aromatic rings. The lowest BCUT2D eigenvalue weighted by atomic mass is 10.1. The molecule has 4 nitrogen and oxygen atoms in total. The molecule has 0 fully saturated rings. The molecule has 0 aliphatic rings. The minimum absolute atomic E-state index is 0.106. The maximum atomic E-state index is 13.6. The molecule has 0 saturated heterocycles. The van der Waals surface area contributed by atoms with E-state index in [0.29, 0.717) is 16.9 Å². The molecule has 0 saturated carbocycles. The zero-order valence-corrected chi connectivity index (χ0v) is 14.4. The zero-order chi connectivity index (χ0) is 19.1. The number of carbonyl (C=O) groups is 2. The Kier molecular flexibility index (Phi) is 5.94. The predicted molar refractivity (Wildman–Crippen MR) is 98.2 cm³/mol. The van der Waals surface area contributed by atoms with Crippen molar-refractivity contribution in [3.05, 3.63) is 101 Å². The van der Waals surface area contributed by atoms with E-state index >= 15 is 0 Å². The van der Waals surface area contributed by atoms with Crippen LogP contribution in [-0.4, -0.2) is 18.4 Å². The van der Waals surface area contributed by atoms with Crippen LogP contribution in [0.4, 0.5) is 4.39 Å². The SMILES string of the molecule is O=C(COC(=O)c1ccccc1COc1ccccc1)c1ccccc1F. The summed E-state index contributed by atoms with van der Waals surface area (Å²) in [5.41, 5.74) is 0.824. The summed E-state index contributed by atoms with van der Waals surface area (Å²) in [4.78, 5) is 24.4. The molecule has 0 atom stereocenters. The van der Waals surface area contributed by atoms with Gasteiger partial charge in [-0.1, -0.05) is 48.5 Å². The van der Waals surface area contributed by atoms with Gasteiger partial charge in [0, 0.05) is 5.56 Å². The highest BCUT2D eigenvalue weighted by atomic mass is 19.1. The molecule has 0 radical (unpaired) electrons. The number of hydrogen-bond acceptors (Lipinski definition) is 4. The maximum Gasteiger partial charge on any atom is 0.338 e. The van der Waals surface area contributed by atoms with Crippen molar-refractivity contribution in [2.24, 2.45) is 0 Å². The molecular weight excluding hydrogens is 347 g/mol. The van der Waals surface area contributed by atoms with Gasteiger partial charge in [-0.15, -0.1) is 0 Å². The first-order valence-electron chi connectivity index (χ1n) is 8.36. The van der Waals surface area contributed by atoms with Crippen molar-refractivity contribution in [1.29, 1.82) is 0 Å². The maximum absolute atomic E-state index is 13.6. The lowest BCUT2D eigenvalue weighted by molar-refractivity contribution is 0.0471. The Morgan fingerprint density at radius 2 is 1.41 bits per heavy atom. The fraction of sp³-hybridized carbons (Fsp3) is 0.0909. The van der Waals surface area contributed by atoms with Crippen LogP contribution in [-0.2, 0) is 11.3 Å². The largest absolute Gasteiger partial charge is 0.489 e. The number of carbonyl (C=O) groups excluding carboxylic acids is 2. The van der Waals surface area contributed by atoms with E-state index in [0.717, 1.165) is 0 Å². The fourth-order valence-corrected chi connectivity index (χ4v) is 2.50. The average Bonchev–Trinajstić information content (AvgIpc) is 2.71. The topological polar surface area (TPSA) is 52.6 Å². The van der Waals surface area contributed by atoms with Gasteiger partial charge in [-0.25, -0.2) is 9.18 Å². The fourth-order valence-electron chi connectivity index (χ4n) is 2.50. The van der Waals surface area contributed by atoms with Gasteiger partial charge < -0.3 is 9.47 Å². The van der Waals surface area contributed by atoms with Gasteiger partial charge in [0.05, 0.1) is 11.1 Å². The van der Waals surface area contributed by atoms with E-state index in [-0.39, 0.29) is 12.2 Å². The minimum Gasteiger partial charge on any atom is -0.489 e. The molecular formula is C22H17FO4. The highest BCUT2D eigenvalue weighted by Gasteiger charge is 2.17. The van der Waals surface area contributed by atoms with Crippen LogP contribution in [0.1, 0.15) is 26.3 Å². The van der Waals surface area contributed by atoms with Gasteiger partial charge in [0.25, 0.3) is 0 Å². The van der Waals surface area contributed by atoms with Crippen LogP contribution in [0.5, 0.6) is 5.75 Å². The Balaban J connectivity index is 1.65. The van der Waals surface area contributed by atoms with Crippen molar-refractivity contribution in [2.45, 2.75) is 6.61 Å². The summed E-state index contributed by atoms with van der Waals surface area (Å²) in [6, 6.07) is 21.6. The van der Waals surface area contributed by atoms with Gasteiger partial charge in [0.15, 0.2) is 6.61 Å². The first-order chi connectivity index (χ1) is 13.1. The quantitative estimate of drug-likeness (QED) is 0.459. The first-order valence-corrected chi connectivity index (χ1v) is 8.36. The molecule has 0 heterocycles. The van der Waals surface area contributed by atoms with E-state index in [1.807, 2.05) is 30.3 Å². The van der Waals surface area contributed by atoms with Crippen molar-refractivity contribution < 1.29 is 23.5 Å². The number of hydrogen-bond donors (Lipinski definition) is 0. The number of para-hydroxylation sites is 1. The Morgan fingerprint density at radius 1 is 0.778 bits per heavy atom. The van der Waals surface area contributed by atoms with Crippen LogP contribution in [0.15, 0.2) is 78.9 Å². The molecule has 0 aliphatic carbocycles. The van der Waals surface area contributed by atoms with E-state index in [9.17, 15) is 14.0 Å². The van der Waals surface area contributed by atoms with Gasteiger partial charge in [0.2, 0.25) is 5.78 Å². The summed E-state index contributed by atoms with van der Waals surface area (Å²) in [7, 11) is 0. The third-order valence-corrected chi connectivity index (χ3v) is 3.88. The number of benzene rings is 3. The summed E-state index contributed by atoms with van der Waals surface area (Å²) in [6.45, 7) is -0.357. The molecule has 136 valence electrons. The second-order valence-electron chi connectivity index (χ2n) is 5.74. The Labute approximate surface area is 156 Å². The first kappa shape index (κ1) is 18.3. The van der Waals surface area contributed by atoms with Crippen LogP contribution < -0.4 is 4.74 Å². The lowest BCUT2D eigenvalue weighted by Gasteiger charge is -2.11. The number of ketones is 1. The summed E-state index contributed by atoms with van der Waals surface area (Å²) in [5, 5.41) is 0. The lowest BCUT2D eigenvalue weighted by Crippen LogP contribution is -2.17. The molecule has 0 aromatic heterocycles. The molecule has 0 bridgehead atoms. The molecule has 5 heteroatoms. The predicted octanol–water partition coefficient (Wildman–Crippen LogP) is 4.44. The Morgan fingerprint density at radius 3 is 2.15 bits per heavy atom. The van der Waals surface area contributed by atoms with Gasteiger partial charge in [0.1, 0.15) is 18.2 Å².